The Morgan fingerprint density at radius 2 is 2.62 bits per heavy atom. The van der Waals surface area contributed by atoms with Gasteiger partial charge in [0.05, 0.1) is 0 Å². The molecule has 1 aliphatic heterocycles. The van der Waals surface area contributed by atoms with Gasteiger partial charge in [-0.15, -0.1) is 0 Å². The van der Waals surface area contributed by atoms with Gasteiger partial charge in [-0.05, 0) is 31.9 Å². The molecule has 0 aliphatic carbocycles. The first-order valence-corrected chi connectivity index (χ1v) is 3.24. The van der Waals surface area contributed by atoms with Gasteiger partial charge in [0.2, 0.25) is 0 Å². The summed E-state index contributed by atoms with van der Waals surface area (Å²) < 4.78 is 0. The molecule has 0 aromatic heterocycles. The summed E-state index contributed by atoms with van der Waals surface area (Å²) in [6.45, 7) is 3.80. The molecule has 1 radical (unpaired) electrons. The minimum Gasteiger partial charge on any atom is -0.294 e. The summed E-state index contributed by atoms with van der Waals surface area (Å²) in [7, 11) is 0. The lowest BCUT2D eigenvalue weighted by atomic mass is 10.1. The zero-order valence-electron chi connectivity index (χ0n) is 5.14. The van der Waals surface area contributed by atoms with Gasteiger partial charge in [0.25, 0.3) is 0 Å². The molecule has 0 aromatic carbocycles. The van der Waals surface area contributed by atoms with E-state index in [2.05, 4.69) is 11.9 Å². The first kappa shape index (κ1) is 5.80. The Labute approximate surface area is 50.8 Å². The van der Waals surface area contributed by atoms with Crippen molar-refractivity contribution in [3.8, 4) is 0 Å². The average Bonchev–Trinajstić information content (AvgIpc) is 1.90. The summed E-state index contributed by atoms with van der Waals surface area (Å²) in [6, 6.07) is 0.545. The first-order chi connectivity index (χ1) is 3.93. The van der Waals surface area contributed by atoms with E-state index in [1.165, 1.54) is 19.3 Å². The summed E-state index contributed by atoms with van der Waals surface area (Å²) >= 11 is 0. The molecule has 0 fully saturated rings. The maximum absolute atomic E-state index is 4.26. The Morgan fingerprint density at radius 3 is 3.00 bits per heavy atom. The number of rotatable bonds is 1. The Balaban J connectivity index is 2.32. The SMILES string of the molecule is [CH2]CC1CCCC=N1. The highest BCUT2D eigenvalue weighted by atomic mass is 14.8. The topological polar surface area (TPSA) is 12.4 Å². The molecule has 1 rings (SSSR count). The molecule has 1 heteroatoms. The molecule has 1 unspecified atom stereocenters. The van der Waals surface area contributed by atoms with E-state index in [4.69, 9.17) is 0 Å². The van der Waals surface area contributed by atoms with E-state index in [1.807, 2.05) is 6.21 Å². The van der Waals surface area contributed by atoms with E-state index in [1.54, 1.807) is 0 Å². The van der Waals surface area contributed by atoms with E-state index in [0.29, 0.717) is 6.04 Å². The van der Waals surface area contributed by atoms with Crippen LogP contribution in [0.3, 0.4) is 0 Å². The number of hydrogen-bond donors (Lipinski definition) is 0. The lowest BCUT2D eigenvalue weighted by Crippen LogP contribution is -2.06. The van der Waals surface area contributed by atoms with E-state index >= 15 is 0 Å². The minimum atomic E-state index is 0.545. The maximum atomic E-state index is 4.26. The molecule has 1 nitrogen and oxygen atoms in total. The molecule has 0 spiro atoms. The smallest absolute Gasteiger partial charge is 0.0495 e. The first-order valence-electron chi connectivity index (χ1n) is 3.24. The lowest BCUT2D eigenvalue weighted by molar-refractivity contribution is 0.580. The van der Waals surface area contributed by atoms with Crippen molar-refractivity contribution in [2.24, 2.45) is 4.99 Å². The minimum absolute atomic E-state index is 0.545. The van der Waals surface area contributed by atoms with Crippen LogP contribution in [0.4, 0.5) is 0 Å². The van der Waals surface area contributed by atoms with Crippen LogP contribution in [0.1, 0.15) is 25.7 Å². The van der Waals surface area contributed by atoms with E-state index in [9.17, 15) is 0 Å². The van der Waals surface area contributed by atoms with Crippen molar-refractivity contribution in [1.29, 1.82) is 0 Å². The molecule has 0 saturated carbocycles. The van der Waals surface area contributed by atoms with Crippen LogP contribution in [-0.2, 0) is 0 Å². The second kappa shape index (κ2) is 2.85. The summed E-state index contributed by atoms with van der Waals surface area (Å²) in [5, 5.41) is 0. The predicted octanol–water partition coefficient (Wildman–Crippen LogP) is 1.83. The normalized spacial score (nSPS) is 28.4. The van der Waals surface area contributed by atoms with Crippen molar-refractivity contribution in [3.63, 3.8) is 0 Å². The van der Waals surface area contributed by atoms with Gasteiger partial charge in [0.1, 0.15) is 0 Å². The molecule has 0 N–H and O–H groups in total. The van der Waals surface area contributed by atoms with Crippen LogP contribution in [0.25, 0.3) is 0 Å². The van der Waals surface area contributed by atoms with Crippen LogP contribution in [-0.4, -0.2) is 12.3 Å². The number of hydrogen-bond acceptors (Lipinski definition) is 1. The largest absolute Gasteiger partial charge is 0.294 e. The standard InChI is InChI=1S/C7H12N/c1-2-7-5-3-4-6-8-7/h6-7H,1-5H2. The average molecular weight is 110 g/mol. The molecular formula is C7H12N. The molecule has 8 heavy (non-hydrogen) atoms. The van der Waals surface area contributed by atoms with Crippen molar-refractivity contribution < 1.29 is 0 Å². The Morgan fingerprint density at radius 1 is 1.75 bits per heavy atom. The summed E-state index contributed by atoms with van der Waals surface area (Å²) in [4.78, 5) is 4.26. The van der Waals surface area contributed by atoms with Gasteiger partial charge < -0.3 is 0 Å². The highest BCUT2D eigenvalue weighted by molar-refractivity contribution is 5.58. The molecule has 0 amide bonds. The maximum Gasteiger partial charge on any atom is 0.0495 e. The van der Waals surface area contributed by atoms with Gasteiger partial charge >= 0.3 is 0 Å². The van der Waals surface area contributed by atoms with Crippen LogP contribution < -0.4 is 0 Å². The second-order valence-corrected chi connectivity index (χ2v) is 2.21. The van der Waals surface area contributed by atoms with Gasteiger partial charge in [-0.2, -0.15) is 0 Å². The Kier molecular flexibility index (Phi) is 2.07. The van der Waals surface area contributed by atoms with Crippen molar-refractivity contribution in [1.82, 2.24) is 0 Å². The number of nitrogens with zero attached hydrogens (tertiary/aromatic N) is 1. The fraction of sp³-hybridized carbons (Fsp3) is 0.714. The number of aliphatic imine (C=N–C) groups is 1. The van der Waals surface area contributed by atoms with Gasteiger partial charge in [-0.3, -0.25) is 4.99 Å². The molecule has 45 valence electrons. The zero-order chi connectivity index (χ0) is 5.82. The zero-order valence-corrected chi connectivity index (χ0v) is 5.14. The van der Waals surface area contributed by atoms with Crippen LogP contribution in [0.2, 0.25) is 0 Å². The van der Waals surface area contributed by atoms with E-state index in [-0.39, 0.29) is 0 Å². The molecule has 1 heterocycles. The van der Waals surface area contributed by atoms with Crippen LogP contribution in [0.15, 0.2) is 4.99 Å². The van der Waals surface area contributed by atoms with E-state index < -0.39 is 0 Å². The second-order valence-electron chi connectivity index (χ2n) is 2.21. The van der Waals surface area contributed by atoms with Gasteiger partial charge in [0, 0.05) is 6.04 Å². The van der Waals surface area contributed by atoms with Gasteiger partial charge in [-0.1, -0.05) is 6.92 Å². The summed E-state index contributed by atoms with van der Waals surface area (Å²) in [5.41, 5.74) is 0. The van der Waals surface area contributed by atoms with Crippen molar-refractivity contribution in [2.75, 3.05) is 0 Å². The molecule has 0 aromatic rings. The van der Waals surface area contributed by atoms with Gasteiger partial charge in [0.15, 0.2) is 0 Å². The summed E-state index contributed by atoms with van der Waals surface area (Å²) in [5.74, 6) is 0. The highest BCUT2D eigenvalue weighted by Gasteiger charge is 2.04. The fourth-order valence-electron chi connectivity index (χ4n) is 0.962. The monoisotopic (exact) mass is 110 g/mol. The molecule has 0 saturated heterocycles. The molecule has 1 atom stereocenters. The fourth-order valence-corrected chi connectivity index (χ4v) is 0.962. The Hall–Kier alpha value is -0.330. The van der Waals surface area contributed by atoms with Crippen molar-refractivity contribution in [2.45, 2.75) is 31.7 Å². The third kappa shape index (κ3) is 1.32. The predicted molar refractivity (Wildman–Crippen MR) is 36.1 cm³/mol. The molecular weight excluding hydrogens is 98.1 g/mol. The third-order valence-electron chi connectivity index (χ3n) is 1.52. The Bertz CT molecular complexity index is 86.4. The summed E-state index contributed by atoms with van der Waals surface area (Å²) in [6.07, 6.45) is 6.73. The van der Waals surface area contributed by atoms with Crippen molar-refractivity contribution >= 4 is 6.21 Å². The third-order valence-corrected chi connectivity index (χ3v) is 1.52. The molecule has 0 bridgehead atoms. The highest BCUT2D eigenvalue weighted by Crippen LogP contribution is 2.11. The van der Waals surface area contributed by atoms with E-state index in [0.717, 1.165) is 6.42 Å². The lowest BCUT2D eigenvalue weighted by Gasteiger charge is -2.11. The quantitative estimate of drug-likeness (QED) is 0.488. The van der Waals surface area contributed by atoms with Gasteiger partial charge in [-0.25, -0.2) is 0 Å². The van der Waals surface area contributed by atoms with Crippen LogP contribution in [0, 0.1) is 6.92 Å². The van der Waals surface area contributed by atoms with Crippen molar-refractivity contribution in [3.05, 3.63) is 6.92 Å². The van der Waals surface area contributed by atoms with Crippen LogP contribution >= 0.6 is 0 Å². The molecule has 1 aliphatic rings. The van der Waals surface area contributed by atoms with Crippen LogP contribution in [0.5, 0.6) is 0 Å².